The smallest absolute Gasteiger partial charge is 0.243 e. The molecule has 0 saturated carbocycles. The predicted octanol–water partition coefficient (Wildman–Crippen LogP) is 3.37. The van der Waals surface area contributed by atoms with E-state index in [9.17, 15) is 14.7 Å². The molecule has 8 heteroatoms. The molecule has 0 spiro atoms. The number of aliphatic hydroxyl groups excluding tert-OH is 1. The van der Waals surface area contributed by atoms with Gasteiger partial charge in [-0.25, -0.2) is 0 Å². The number of amides is 2. The largest absolute Gasteiger partial charge is 0.387 e. The molecule has 0 fully saturated rings. The van der Waals surface area contributed by atoms with Gasteiger partial charge in [-0.05, 0) is 23.8 Å². The Morgan fingerprint density at radius 3 is 2.66 bits per heavy atom. The number of hydrogen-bond acceptors (Lipinski definition) is 3. The second-order valence-corrected chi connectivity index (χ2v) is 7.59. The standard InChI is InChI=1S/C21H21Cl2N3O3/c1-12(27)26-19(8-13-10-24-18-5-3-2-4-15(13)18)21(29)25-11-20(28)16-7-6-14(22)9-17(16)23/h2-7,9-10,19-20,24,28H,8,11H2,1H3,(H,25,29)(H,26,27). The lowest BCUT2D eigenvalue weighted by molar-refractivity contribution is -0.128. The van der Waals surface area contributed by atoms with E-state index in [2.05, 4.69) is 15.6 Å². The molecule has 0 aliphatic heterocycles. The minimum atomic E-state index is -1.00. The number of carbonyl (C=O) groups is 2. The first-order valence-electron chi connectivity index (χ1n) is 9.08. The van der Waals surface area contributed by atoms with E-state index < -0.39 is 18.1 Å². The van der Waals surface area contributed by atoms with Crippen molar-refractivity contribution >= 4 is 45.9 Å². The summed E-state index contributed by atoms with van der Waals surface area (Å²) in [5.74, 6) is -0.707. The molecule has 3 rings (SSSR count). The molecule has 3 aromatic rings. The number of carbonyl (C=O) groups excluding carboxylic acids is 2. The summed E-state index contributed by atoms with van der Waals surface area (Å²) >= 11 is 12.0. The van der Waals surface area contributed by atoms with Gasteiger partial charge in [0, 0.05) is 52.6 Å². The van der Waals surface area contributed by atoms with Gasteiger partial charge in [-0.3, -0.25) is 9.59 Å². The topological polar surface area (TPSA) is 94.2 Å². The van der Waals surface area contributed by atoms with E-state index >= 15 is 0 Å². The maximum Gasteiger partial charge on any atom is 0.243 e. The van der Waals surface area contributed by atoms with Crippen LogP contribution in [0.15, 0.2) is 48.7 Å². The fourth-order valence-corrected chi connectivity index (χ4v) is 3.71. The van der Waals surface area contributed by atoms with Crippen LogP contribution >= 0.6 is 23.2 Å². The molecular formula is C21H21Cl2N3O3. The second kappa shape index (κ2) is 9.31. The number of para-hydroxylation sites is 1. The average molecular weight is 434 g/mol. The van der Waals surface area contributed by atoms with Crippen molar-refractivity contribution in [1.82, 2.24) is 15.6 Å². The van der Waals surface area contributed by atoms with Gasteiger partial charge < -0.3 is 20.7 Å². The summed E-state index contributed by atoms with van der Waals surface area (Å²) in [6.07, 6.45) is 1.14. The predicted molar refractivity (Wildman–Crippen MR) is 114 cm³/mol. The van der Waals surface area contributed by atoms with Crippen LogP contribution in [0.3, 0.4) is 0 Å². The van der Waals surface area contributed by atoms with Crippen molar-refractivity contribution in [2.24, 2.45) is 0 Å². The summed E-state index contributed by atoms with van der Waals surface area (Å²) < 4.78 is 0. The number of aliphatic hydroxyl groups is 1. The molecule has 0 aliphatic rings. The van der Waals surface area contributed by atoms with Crippen LogP contribution in [0.1, 0.15) is 24.2 Å². The first-order chi connectivity index (χ1) is 13.8. The van der Waals surface area contributed by atoms with Crippen molar-refractivity contribution in [2.45, 2.75) is 25.5 Å². The molecule has 29 heavy (non-hydrogen) atoms. The van der Waals surface area contributed by atoms with Crippen molar-refractivity contribution in [3.05, 3.63) is 69.8 Å². The highest BCUT2D eigenvalue weighted by molar-refractivity contribution is 6.35. The minimum absolute atomic E-state index is 0.0514. The van der Waals surface area contributed by atoms with Gasteiger partial charge in [0.2, 0.25) is 11.8 Å². The van der Waals surface area contributed by atoms with Crippen LogP contribution in [0.5, 0.6) is 0 Å². The van der Waals surface area contributed by atoms with Crippen molar-refractivity contribution < 1.29 is 14.7 Å². The van der Waals surface area contributed by atoms with Gasteiger partial charge in [-0.2, -0.15) is 0 Å². The summed E-state index contributed by atoms with van der Waals surface area (Å²) in [6.45, 7) is 1.31. The monoisotopic (exact) mass is 433 g/mol. The van der Waals surface area contributed by atoms with E-state index in [-0.39, 0.29) is 12.5 Å². The van der Waals surface area contributed by atoms with Crippen molar-refractivity contribution in [3.63, 3.8) is 0 Å². The van der Waals surface area contributed by atoms with Crippen molar-refractivity contribution in [1.29, 1.82) is 0 Å². The molecule has 2 atom stereocenters. The van der Waals surface area contributed by atoms with Gasteiger partial charge in [0.05, 0.1) is 6.10 Å². The second-order valence-electron chi connectivity index (χ2n) is 6.74. The van der Waals surface area contributed by atoms with Gasteiger partial charge in [-0.15, -0.1) is 0 Å². The Kier molecular flexibility index (Phi) is 6.79. The summed E-state index contributed by atoms with van der Waals surface area (Å²) in [5, 5.41) is 17.5. The number of H-pyrrole nitrogens is 1. The lowest BCUT2D eigenvalue weighted by Gasteiger charge is -2.19. The fourth-order valence-electron chi connectivity index (χ4n) is 3.18. The molecule has 2 aromatic carbocycles. The molecule has 0 bridgehead atoms. The van der Waals surface area contributed by atoms with Gasteiger partial charge >= 0.3 is 0 Å². The van der Waals surface area contributed by atoms with Gasteiger partial charge in [-0.1, -0.05) is 47.5 Å². The number of fused-ring (bicyclic) bond motifs is 1. The summed E-state index contributed by atoms with van der Waals surface area (Å²) in [4.78, 5) is 27.5. The zero-order valence-electron chi connectivity index (χ0n) is 15.7. The number of rotatable bonds is 7. The quantitative estimate of drug-likeness (QED) is 0.459. The van der Waals surface area contributed by atoms with Crippen LogP contribution in [0, 0.1) is 0 Å². The van der Waals surface area contributed by atoms with E-state index in [1.807, 2.05) is 30.5 Å². The number of hydrogen-bond donors (Lipinski definition) is 4. The molecule has 6 nitrogen and oxygen atoms in total. The first kappa shape index (κ1) is 21.2. The highest BCUT2D eigenvalue weighted by Crippen LogP contribution is 2.26. The number of halogens is 2. The van der Waals surface area contributed by atoms with Crippen LogP contribution in [-0.4, -0.2) is 34.5 Å². The number of benzene rings is 2. The van der Waals surface area contributed by atoms with E-state index in [1.54, 1.807) is 12.1 Å². The molecule has 1 aromatic heterocycles. The number of aromatic amines is 1. The lowest BCUT2D eigenvalue weighted by Crippen LogP contribution is -2.48. The van der Waals surface area contributed by atoms with Gasteiger partial charge in [0.1, 0.15) is 6.04 Å². The molecular weight excluding hydrogens is 413 g/mol. The SMILES string of the molecule is CC(=O)NC(Cc1c[nH]c2ccccc12)C(=O)NCC(O)c1ccc(Cl)cc1Cl. The Morgan fingerprint density at radius 2 is 1.93 bits per heavy atom. The van der Waals surface area contributed by atoms with Crippen LogP contribution < -0.4 is 10.6 Å². The van der Waals surface area contributed by atoms with Crippen molar-refractivity contribution in [3.8, 4) is 0 Å². The molecule has 2 unspecified atom stereocenters. The Morgan fingerprint density at radius 1 is 1.17 bits per heavy atom. The van der Waals surface area contributed by atoms with Crippen LogP contribution in [0.25, 0.3) is 10.9 Å². The molecule has 2 amide bonds. The Labute approximate surface area is 178 Å². The fraction of sp³-hybridized carbons (Fsp3) is 0.238. The van der Waals surface area contributed by atoms with E-state index in [4.69, 9.17) is 23.2 Å². The molecule has 0 saturated heterocycles. The molecule has 0 radical (unpaired) electrons. The summed E-state index contributed by atoms with van der Waals surface area (Å²) in [6, 6.07) is 11.7. The Bertz CT molecular complexity index is 1030. The zero-order valence-corrected chi connectivity index (χ0v) is 17.2. The Balaban J connectivity index is 1.69. The highest BCUT2D eigenvalue weighted by Gasteiger charge is 2.22. The minimum Gasteiger partial charge on any atom is -0.387 e. The molecule has 4 N–H and O–H groups in total. The van der Waals surface area contributed by atoms with Gasteiger partial charge in [0.25, 0.3) is 0 Å². The van der Waals surface area contributed by atoms with Crippen LogP contribution in [0.4, 0.5) is 0 Å². The van der Waals surface area contributed by atoms with Gasteiger partial charge in [0.15, 0.2) is 0 Å². The van der Waals surface area contributed by atoms with Crippen molar-refractivity contribution in [2.75, 3.05) is 6.54 Å². The molecule has 152 valence electrons. The highest BCUT2D eigenvalue weighted by atomic mass is 35.5. The van der Waals surface area contributed by atoms with E-state index in [0.29, 0.717) is 22.0 Å². The summed E-state index contributed by atoms with van der Waals surface area (Å²) in [7, 11) is 0. The third-order valence-electron chi connectivity index (χ3n) is 4.58. The van der Waals surface area contributed by atoms with E-state index in [0.717, 1.165) is 16.5 Å². The maximum absolute atomic E-state index is 12.7. The number of nitrogens with one attached hydrogen (secondary N) is 3. The average Bonchev–Trinajstić information content (AvgIpc) is 3.08. The lowest BCUT2D eigenvalue weighted by atomic mass is 10.0. The maximum atomic E-state index is 12.7. The third-order valence-corrected chi connectivity index (χ3v) is 5.15. The zero-order chi connectivity index (χ0) is 21.0. The summed E-state index contributed by atoms with van der Waals surface area (Å²) in [5.41, 5.74) is 2.33. The normalized spacial score (nSPS) is 13.1. The van der Waals surface area contributed by atoms with E-state index in [1.165, 1.54) is 13.0 Å². The van der Waals surface area contributed by atoms with Crippen LogP contribution in [-0.2, 0) is 16.0 Å². The molecule has 1 heterocycles. The number of aromatic nitrogens is 1. The first-order valence-corrected chi connectivity index (χ1v) is 9.83. The molecule has 0 aliphatic carbocycles. The van der Waals surface area contributed by atoms with Crippen LogP contribution in [0.2, 0.25) is 10.0 Å². The Hall–Kier alpha value is -2.54. The third kappa shape index (κ3) is 5.29.